The van der Waals surface area contributed by atoms with Crippen molar-refractivity contribution < 1.29 is 19.2 Å². The van der Waals surface area contributed by atoms with Gasteiger partial charge in [0.1, 0.15) is 0 Å². The van der Waals surface area contributed by atoms with Gasteiger partial charge in [-0.05, 0) is 134 Å². The first-order valence-electron chi connectivity index (χ1n) is 17.3. The molecule has 0 bridgehead atoms. The van der Waals surface area contributed by atoms with Crippen LogP contribution in [0, 0.1) is 41.5 Å². The van der Waals surface area contributed by atoms with Crippen molar-refractivity contribution in [1.29, 1.82) is 0 Å². The summed E-state index contributed by atoms with van der Waals surface area (Å²) >= 11 is 0. The monoisotopic (exact) mass is 680 g/mol. The molecule has 0 atom stereocenters. The summed E-state index contributed by atoms with van der Waals surface area (Å²) < 4.78 is 0. The predicted octanol–water partition coefficient (Wildman–Crippen LogP) is 10.1. The van der Waals surface area contributed by atoms with Crippen molar-refractivity contribution in [3.8, 4) is 33.4 Å². The first kappa shape index (κ1) is 32.8. The van der Waals surface area contributed by atoms with E-state index >= 15 is 0 Å². The summed E-state index contributed by atoms with van der Waals surface area (Å²) in [5, 5.41) is 0. The Morgan fingerprint density at radius 1 is 0.346 bits per heavy atom. The zero-order valence-corrected chi connectivity index (χ0v) is 29.9. The Morgan fingerprint density at radius 3 is 1.17 bits per heavy atom. The van der Waals surface area contributed by atoms with Crippen molar-refractivity contribution in [1.82, 2.24) is 0 Å². The summed E-state index contributed by atoms with van der Waals surface area (Å²) in [6.45, 7) is 11.9. The van der Waals surface area contributed by atoms with Gasteiger partial charge in [-0.3, -0.25) is 19.2 Å². The number of anilines is 2. The van der Waals surface area contributed by atoms with Crippen LogP contribution in [0.2, 0.25) is 0 Å². The summed E-state index contributed by atoms with van der Waals surface area (Å²) in [7, 11) is 0. The highest BCUT2D eigenvalue weighted by molar-refractivity contribution is 6.36. The van der Waals surface area contributed by atoms with Crippen LogP contribution in [-0.2, 0) is 0 Å². The Labute approximate surface area is 303 Å². The lowest BCUT2D eigenvalue weighted by molar-refractivity contribution is 0.0910. The molecule has 0 spiro atoms. The second-order valence-corrected chi connectivity index (χ2v) is 13.9. The van der Waals surface area contributed by atoms with E-state index in [9.17, 15) is 19.2 Å². The molecule has 2 heterocycles. The zero-order chi connectivity index (χ0) is 36.6. The van der Waals surface area contributed by atoms with Crippen LogP contribution in [0.5, 0.6) is 0 Å². The van der Waals surface area contributed by atoms with Crippen LogP contribution < -0.4 is 9.80 Å². The third-order valence-electron chi connectivity index (χ3n) is 10.8. The van der Waals surface area contributed by atoms with Crippen LogP contribution in [0.15, 0.2) is 109 Å². The smallest absolute Gasteiger partial charge is 0.266 e. The molecule has 2 aliphatic rings. The average molecular weight is 681 g/mol. The van der Waals surface area contributed by atoms with E-state index in [-0.39, 0.29) is 23.6 Å². The van der Waals surface area contributed by atoms with E-state index in [0.29, 0.717) is 33.6 Å². The molecule has 4 amide bonds. The Kier molecular flexibility index (Phi) is 7.65. The zero-order valence-electron chi connectivity index (χ0n) is 29.9. The first-order chi connectivity index (χ1) is 24.9. The maximum absolute atomic E-state index is 14.0. The molecule has 6 aromatic rings. The molecule has 0 radical (unpaired) electrons. The van der Waals surface area contributed by atoms with Gasteiger partial charge in [0.2, 0.25) is 0 Å². The molecule has 2 aliphatic heterocycles. The van der Waals surface area contributed by atoms with Crippen LogP contribution >= 0.6 is 0 Å². The molecule has 6 nitrogen and oxygen atoms in total. The largest absolute Gasteiger partial charge is 0.268 e. The van der Waals surface area contributed by atoms with Gasteiger partial charge >= 0.3 is 0 Å². The molecule has 8 rings (SSSR count). The minimum atomic E-state index is -0.350. The Hall–Kier alpha value is -6.40. The number of benzene rings is 6. The van der Waals surface area contributed by atoms with Gasteiger partial charge in [-0.2, -0.15) is 0 Å². The summed E-state index contributed by atoms with van der Waals surface area (Å²) in [6.07, 6.45) is 0. The maximum Gasteiger partial charge on any atom is 0.266 e. The van der Waals surface area contributed by atoms with Gasteiger partial charge in [-0.1, -0.05) is 83.9 Å². The highest BCUT2D eigenvalue weighted by Crippen LogP contribution is 2.42. The Balaban J connectivity index is 1.10. The first-order valence-corrected chi connectivity index (χ1v) is 17.3. The average Bonchev–Trinajstić information content (AvgIpc) is 3.55. The number of amides is 4. The third-order valence-corrected chi connectivity index (χ3v) is 10.8. The molecule has 0 unspecified atom stereocenters. The fourth-order valence-corrected chi connectivity index (χ4v) is 7.61. The number of carbonyl (C=O) groups excluding carboxylic acids is 4. The number of imide groups is 2. The lowest BCUT2D eigenvalue weighted by Crippen LogP contribution is -2.31. The number of rotatable bonds is 5. The minimum absolute atomic E-state index is 0.329. The van der Waals surface area contributed by atoms with Gasteiger partial charge in [0.15, 0.2) is 0 Å². The molecule has 0 aliphatic carbocycles. The molecule has 254 valence electrons. The summed E-state index contributed by atoms with van der Waals surface area (Å²) in [5.74, 6) is -1.36. The molecular weight excluding hydrogens is 645 g/mol. The molecule has 0 N–H and O–H groups in total. The van der Waals surface area contributed by atoms with Gasteiger partial charge in [0.25, 0.3) is 23.6 Å². The number of hydrogen-bond donors (Lipinski definition) is 0. The van der Waals surface area contributed by atoms with E-state index in [1.54, 1.807) is 30.3 Å². The second kappa shape index (κ2) is 12.1. The van der Waals surface area contributed by atoms with Crippen molar-refractivity contribution in [2.24, 2.45) is 0 Å². The van der Waals surface area contributed by atoms with Crippen LogP contribution in [-0.4, -0.2) is 23.6 Å². The quantitative estimate of drug-likeness (QED) is 0.170. The van der Waals surface area contributed by atoms with Crippen molar-refractivity contribution in [2.45, 2.75) is 41.5 Å². The van der Waals surface area contributed by atoms with Crippen LogP contribution in [0.3, 0.4) is 0 Å². The highest BCUT2D eigenvalue weighted by atomic mass is 16.2. The van der Waals surface area contributed by atoms with Crippen molar-refractivity contribution >= 4 is 35.0 Å². The summed E-state index contributed by atoms with van der Waals surface area (Å²) in [4.78, 5) is 57.5. The van der Waals surface area contributed by atoms with Crippen LogP contribution in [0.25, 0.3) is 33.4 Å². The molecule has 0 saturated carbocycles. The van der Waals surface area contributed by atoms with Crippen molar-refractivity contribution in [2.75, 3.05) is 9.80 Å². The van der Waals surface area contributed by atoms with Gasteiger partial charge in [0, 0.05) is 0 Å². The van der Waals surface area contributed by atoms with Gasteiger partial charge in [0.05, 0.1) is 33.6 Å². The van der Waals surface area contributed by atoms with E-state index in [4.69, 9.17) is 0 Å². The predicted molar refractivity (Wildman–Crippen MR) is 206 cm³/mol. The fourth-order valence-electron chi connectivity index (χ4n) is 7.61. The SMILES string of the molecule is Cc1ccc(-c2ccc3c(c2)C(=O)N(c2ccc(-c4c(C)c(C)c(N5C(=O)c6ccc(-c7ccc(C)cc7)cc6C5=O)c(C)c4C)cc2)C3=O)cc1. The number of nitrogens with zero attached hydrogens (tertiary/aromatic N) is 2. The van der Waals surface area contributed by atoms with E-state index in [2.05, 4.69) is 0 Å². The normalized spacial score (nSPS) is 13.7. The highest BCUT2D eigenvalue weighted by Gasteiger charge is 2.40. The fraction of sp³-hybridized carbons (Fsp3) is 0.130. The van der Waals surface area contributed by atoms with Crippen molar-refractivity contribution in [3.63, 3.8) is 0 Å². The third kappa shape index (κ3) is 5.02. The van der Waals surface area contributed by atoms with Crippen molar-refractivity contribution in [3.05, 3.63) is 165 Å². The topological polar surface area (TPSA) is 74.8 Å². The summed E-state index contributed by atoms with van der Waals surface area (Å²) in [6, 6.07) is 34.5. The number of hydrogen-bond acceptors (Lipinski definition) is 4. The molecule has 6 heteroatoms. The minimum Gasteiger partial charge on any atom is -0.268 e. The molecule has 52 heavy (non-hydrogen) atoms. The molecule has 0 aromatic heterocycles. The lowest BCUT2D eigenvalue weighted by atomic mass is 9.87. The molecular formula is C46H36N2O4. The Morgan fingerprint density at radius 2 is 0.712 bits per heavy atom. The second-order valence-electron chi connectivity index (χ2n) is 13.9. The summed E-state index contributed by atoms with van der Waals surface area (Å²) in [5.41, 5.74) is 14.1. The van der Waals surface area contributed by atoms with E-state index in [1.807, 2.05) is 120 Å². The number of carbonyl (C=O) groups is 4. The van der Waals surface area contributed by atoms with Gasteiger partial charge in [-0.15, -0.1) is 0 Å². The van der Waals surface area contributed by atoms with Gasteiger partial charge in [-0.25, -0.2) is 9.80 Å². The van der Waals surface area contributed by atoms with E-state index in [0.717, 1.165) is 66.8 Å². The van der Waals surface area contributed by atoms with Crippen LogP contribution in [0.1, 0.15) is 74.8 Å². The van der Waals surface area contributed by atoms with E-state index < -0.39 is 0 Å². The maximum atomic E-state index is 14.0. The van der Waals surface area contributed by atoms with Gasteiger partial charge < -0.3 is 0 Å². The van der Waals surface area contributed by atoms with E-state index in [1.165, 1.54) is 9.80 Å². The Bertz CT molecular complexity index is 2500. The van der Waals surface area contributed by atoms with Crippen LogP contribution in [0.4, 0.5) is 11.4 Å². The molecule has 0 saturated heterocycles. The number of aryl methyl sites for hydroxylation is 2. The number of fused-ring (bicyclic) bond motifs is 2. The standard InChI is InChI=1S/C46H36N2O4/c1-25-7-11-31(12-8-25)34-17-21-37-39(23-34)45(51)47(43(37)49)36-19-15-33(16-20-36)41-27(3)29(5)42(30(6)28(41)4)48-44(50)38-22-18-35(24-40(38)46(48)52)32-13-9-26(2)10-14-32/h7-24H,1-6H3. The molecule has 0 fully saturated rings. The molecule has 6 aromatic carbocycles. The lowest BCUT2D eigenvalue weighted by Gasteiger charge is -2.25.